The van der Waals surface area contributed by atoms with Crippen molar-refractivity contribution in [1.29, 1.82) is 0 Å². The lowest BCUT2D eigenvalue weighted by molar-refractivity contribution is 1.38. The van der Waals surface area contributed by atoms with Crippen LogP contribution >= 0.6 is 24.0 Å². The van der Waals surface area contributed by atoms with Crippen LogP contribution in [-0.4, -0.2) is 11.0 Å². The summed E-state index contributed by atoms with van der Waals surface area (Å²) in [5.74, 6) is 0.660. The van der Waals surface area contributed by atoms with Crippen molar-refractivity contribution in [2.75, 3.05) is 5.88 Å². The minimum Gasteiger partial charge on any atom is -0.221 e. The van der Waals surface area contributed by atoms with Gasteiger partial charge < -0.3 is 0 Å². The second kappa shape index (κ2) is 5.08. The van der Waals surface area contributed by atoms with Gasteiger partial charge in [-0.05, 0) is 24.4 Å². The largest absolute Gasteiger partial charge is 0.221 e. The Balaban J connectivity index is 2.45. The molecule has 0 aliphatic rings. The molecule has 0 radical (unpaired) electrons. The number of rotatable bonds is 3. The van der Waals surface area contributed by atoms with Crippen molar-refractivity contribution >= 4 is 29.1 Å². The normalized spacial score (nSPS) is 8.73. The van der Waals surface area contributed by atoms with E-state index in [0.29, 0.717) is 5.88 Å². The maximum absolute atomic E-state index is 4.44. The van der Waals surface area contributed by atoms with Crippen LogP contribution in [0, 0.1) is 0 Å². The predicted molar refractivity (Wildman–Crippen MR) is 52.2 cm³/mol. The number of thiocarbonyl (C=S) groups is 1. The molecule has 0 saturated heterocycles. The zero-order valence-corrected chi connectivity index (χ0v) is 7.49. The third-order valence-electron chi connectivity index (χ3n) is 1.10. The fourth-order valence-corrected chi connectivity index (χ4v) is 1.42. The summed E-state index contributed by atoms with van der Waals surface area (Å²) in [6.45, 7) is 0. The van der Waals surface area contributed by atoms with E-state index in [1.807, 2.05) is 30.3 Å². The smallest absolute Gasteiger partial charge is 0.0993 e. The first-order valence-corrected chi connectivity index (χ1v) is 4.54. The Kier molecular flexibility index (Phi) is 3.91. The molecule has 0 amide bonds. The maximum atomic E-state index is 4.44. The maximum Gasteiger partial charge on any atom is 0.0993 e. The SMILES string of the molecule is S=C=NCSc1ccccc1. The molecule has 1 aromatic carbocycles. The van der Waals surface area contributed by atoms with Gasteiger partial charge in [0.25, 0.3) is 0 Å². The molecule has 11 heavy (non-hydrogen) atoms. The lowest BCUT2D eigenvalue weighted by atomic mass is 10.4. The Labute approximate surface area is 75.5 Å². The summed E-state index contributed by atoms with van der Waals surface area (Å²) >= 11 is 6.09. The second-order valence-electron chi connectivity index (χ2n) is 1.84. The van der Waals surface area contributed by atoms with Gasteiger partial charge in [-0.1, -0.05) is 18.2 Å². The van der Waals surface area contributed by atoms with E-state index in [-0.39, 0.29) is 0 Å². The van der Waals surface area contributed by atoms with Gasteiger partial charge in [-0.15, -0.1) is 11.8 Å². The van der Waals surface area contributed by atoms with Crippen LogP contribution in [0.5, 0.6) is 0 Å². The number of benzene rings is 1. The van der Waals surface area contributed by atoms with Gasteiger partial charge in [0.05, 0.1) is 11.0 Å². The number of hydrogen-bond acceptors (Lipinski definition) is 3. The van der Waals surface area contributed by atoms with Crippen LogP contribution in [0.15, 0.2) is 40.2 Å². The fourth-order valence-electron chi connectivity index (χ4n) is 0.650. The lowest BCUT2D eigenvalue weighted by Crippen LogP contribution is -1.71. The van der Waals surface area contributed by atoms with Crippen LogP contribution in [0.25, 0.3) is 0 Å². The summed E-state index contributed by atoms with van der Waals surface area (Å²) in [7, 11) is 0. The molecule has 0 aliphatic carbocycles. The third kappa shape index (κ3) is 3.33. The number of thioether (sulfide) groups is 1. The van der Waals surface area contributed by atoms with E-state index in [4.69, 9.17) is 0 Å². The molecule has 0 fully saturated rings. The number of nitrogens with zero attached hydrogens (tertiary/aromatic N) is 1. The Bertz CT molecular complexity index is 252. The first kappa shape index (κ1) is 8.47. The summed E-state index contributed by atoms with van der Waals surface area (Å²) in [6, 6.07) is 10.1. The molecule has 1 rings (SSSR count). The highest BCUT2D eigenvalue weighted by Gasteiger charge is 1.87. The summed E-state index contributed by atoms with van der Waals surface area (Å²) in [6.07, 6.45) is 0. The van der Waals surface area contributed by atoms with Crippen LogP contribution in [0.4, 0.5) is 0 Å². The molecule has 0 spiro atoms. The minimum absolute atomic E-state index is 0.660. The van der Waals surface area contributed by atoms with Gasteiger partial charge in [-0.2, -0.15) is 0 Å². The van der Waals surface area contributed by atoms with E-state index in [1.165, 1.54) is 4.90 Å². The van der Waals surface area contributed by atoms with Crippen LogP contribution in [0.2, 0.25) is 0 Å². The van der Waals surface area contributed by atoms with Crippen molar-refractivity contribution < 1.29 is 0 Å². The van der Waals surface area contributed by atoms with Gasteiger partial charge in [0.1, 0.15) is 0 Å². The number of aliphatic imine (C=N–C) groups is 1. The van der Waals surface area contributed by atoms with Crippen LogP contribution < -0.4 is 0 Å². The third-order valence-corrected chi connectivity index (χ3v) is 2.10. The Morgan fingerprint density at radius 3 is 2.73 bits per heavy atom. The molecule has 0 unspecified atom stereocenters. The van der Waals surface area contributed by atoms with E-state index in [9.17, 15) is 0 Å². The monoisotopic (exact) mass is 181 g/mol. The molecule has 0 bridgehead atoms. The van der Waals surface area contributed by atoms with E-state index in [1.54, 1.807) is 11.8 Å². The molecule has 0 aliphatic heterocycles. The Morgan fingerprint density at radius 2 is 2.09 bits per heavy atom. The molecule has 0 saturated carbocycles. The molecule has 1 nitrogen and oxygen atoms in total. The summed E-state index contributed by atoms with van der Waals surface area (Å²) in [5.41, 5.74) is 0. The minimum atomic E-state index is 0.660. The summed E-state index contributed by atoms with van der Waals surface area (Å²) < 4.78 is 0. The molecule has 56 valence electrons. The first-order chi connectivity index (χ1) is 5.43. The van der Waals surface area contributed by atoms with Crippen molar-refractivity contribution in [2.45, 2.75) is 4.90 Å². The first-order valence-electron chi connectivity index (χ1n) is 3.15. The number of hydrogen-bond donors (Lipinski definition) is 0. The number of isothiocyanates is 1. The average Bonchev–Trinajstić information content (AvgIpc) is 2.07. The predicted octanol–water partition coefficient (Wildman–Crippen LogP) is 2.84. The highest BCUT2D eigenvalue weighted by molar-refractivity contribution is 7.99. The van der Waals surface area contributed by atoms with Crippen LogP contribution in [0.3, 0.4) is 0 Å². The lowest BCUT2D eigenvalue weighted by Gasteiger charge is -1.93. The van der Waals surface area contributed by atoms with Gasteiger partial charge in [0.2, 0.25) is 0 Å². The molecule has 0 N–H and O–H groups in total. The molecular formula is C8H7NS2. The molecule has 0 aromatic heterocycles. The van der Waals surface area contributed by atoms with E-state index < -0.39 is 0 Å². The molecule has 0 heterocycles. The van der Waals surface area contributed by atoms with E-state index in [2.05, 4.69) is 22.4 Å². The summed E-state index contributed by atoms with van der Waals surface area (Å²) in [5, 5.41) is 2.33. The molecule has 1 aromatic rings. The highest BCUT2D eigenvalue weighted by Crippen LogP contribution is 2.16. The summed E-state index contributed by atoms with van der Waals surface area (Å²) in [4.78, 5) is 5.00. The molecular weight excluding hydrogens is 174 g/mol. The van der Waals surface area contributed by atoms with Gasteiger partial charge in [-0.3, -0.25) is 0 Å². The Hall–Kier alpha value is -0.630. The van der Waals surface area contributed by atoms with Crippen LogP contribution in [-0.2, 0) is 0 Å². The van der Waals surface area contributed by atoms with Gasteiger partial charge in [-0.25, -0.2) is 4.99 Å². The van der Waals surface area contributed by atoms with Gasteiger partial charge >= 0.3 is 0 Å². The highest BCUT2D eigenvalue weighted by atomic mass is 32.2. The van der Waals surface area contributed by atoms with Crippen molar-refractivity contribution in [3.8, 4) is 0 Å². The Morgan fingerprint density at radius 1 is 1.36 bits per heavy atom. The van der Waals surface area contributed by atoms with Crippen molar-refractivity contribution in [2.24, 2.45) is 4.99 Å². The van der Waals surface area contributed by atoms with Crippen molar-refractivity contribution in [1.82, 2.24) is 0 Å². The van der Waals surface area contributed by atoms with E-state index in [0.717, 1.165) is 0 Å². The van der Waals surface area contributed by atoms with Crippen molar-refractivity contribution in [3.05, 3.63) is 30.3 Å². The topological polar surface area (TPSA) is 12.4 Å². The quantitative estimate of drug-likeness (QED) is 0.404. The zero-order chi connectivity index (χ0) is 7.94. The van der Waals surface area contributed by atoms with Crippen LogP contribution in [0.1, 0.15) is 0 Å². The second-order valence-corrected chi connectivity index (χ2v) is 3.04. The zero-order valence-electron chi connectivity index (χ0n) is 5.86. The molecule has 3 heteroatoms. The van der Waals surface area contributed by atoms with Gasteiger partial charge in [0.15, 0.2) is 0 Å². The average molecular weight is 181 g/mol. The van der Waals surface area contributed by atoms with E-state index >= 15 is 0 Å². The fraction of sp³-hybridized carbons (Fsp3) is 0.125. The van der Waals surface area contributed by atoms with Gasteiger partial charge in [0, 0.05) is 4.90 Å². The van der Waals surface area contributed by atoms with Crippen molar-refractivity contribution in [3.63, 3.8) is 0 Å². The molecule has 0 atom stereocenters. The standard InChI is InChI=1S/C8H7NS2/c10-6-9-7-11-8-4-2-1-3-5-8/h1-5H,7H2.